The normalized spacial score (nSPS) is 8.11. The van der Waals surface area contributed by atoms with E-state index in [1.165, 1.54) is 12.3 Å². The Hall–Kier alpha value is -0.470. The summed E-state index contributed by atoms with van der Waals surface area (Å²) in [5.74, 6) is 0. The van der Waals surface area contributed by atoms with Gasteiger partial charge in [0.05, 0.1) is 6.26 Å². The summed E-state index contributed by atoms with van der Waals surface area (Å²) in [6, 6.07) is 3.04. The molecule has 0 unspecified atom stereocenters. The fourth-order valence-corrected chi connectivity index (χ4v) is 0.466. The minimum Gasteiger partial charge on any atom is -0.430 e. The van der Waals surface area contributed by atoms with Crippen molar-refractivity contribution in [1.29, 1.82) is 0 Å². The lowest BCUT2D eigenvalue weighted by Gasteiger charge is -1.79. The number of rotatable bonds is 0. The van der Waals surface area contributed by atoms with Crippen LogP contribution in [0.3, 0.4) is 0 Å². The molecular weight excluding hydrogens is 163 g/mol. The summed E-state index contributed by atoms with van der Waals surface area (Å²) in [6.45, 7) is 0. The van der Waals surface area contributed by atoms with Gasteiger partial charge in [-0.2, -0.15) is 0 Å². The van der Waals surface area contributed by atoms with Crippen molar-refractivity contribution in [3.63, 3.8) is 0 Å². The molecule has 0 N–H and O–H groups in total. The van der Waals surface area contributed by atoms with Crippen LogP contribution in [0, 0.1) is 0 Å². The number of hydrogen-bond donors (Lipinski definition) is 0. The van der Waals surface area contributed by atoms with E-state index in [-0.39, 0.29) is 17.4 Å². The van der Waals surface area contributed by atoms with Gasteiger partial charge in [0.1, 0.15) is 5.02 Å². The predicted molar refractivity (Wildman–Crippen MR) is 37.2 cm³/mol. The van der Waals surface area contributed by atoms with Crippen LogP contribution in [-0.2, 0) is 0 Å². The summed E-state index contributed by atoms with van der Waals surface area (Å²) in [7, 11) is 0. The number of halogens is 2. The average Bonchev–Trinajstić information content (AvgIpc) is 1.77. The standard InChI is InChI=1S/C5H3ClO2.ClH/c6-4-2-1-3-8-5(4)7;/h1-3H;1H. The first-order valence-corrected chi connectivity index (χ1v) is 2.42. The van der Waals surface area contributed by atoms with Gasteiger partial charge in [-0.15, -0.1) is 12.4 Å². The van der Waals surface area contributed by atoms with Crippen LogP contribution in [0.4, 0.5) is 0 Å². The van der Waals surface area contributed by atoms with Crippen molar-refractivity contribution < 1.29 is 4.42 Å². The third kappa shape index (κ3) is 2.08. The second kappa shape index (κ2) is 3.54. The molecule has 0 aliphatic rings. The monoisotopic (exact) mass is 166 g/mol. The molecule has 50 valence electrons. The van der Waals surface area contributed by atoms with Gasteiger partial charge in [-0.3, -0.25) is 0 Å². The topological polar surface area (TPSA) is 30.2 Å². The van der Waals surface area contributed by atoms with Crippen molar-refractivity contribution in [2.75, 3.05) is 0 Å². The zero-order valence-corrected chi connectivity index (χ0v) is 5.91. The smallest absolute Gasteiger partial charge is 0.354 e. The molecule has 0 amide bonds. The Morgan fingerprint density at radius 1 is 1.56 bits per heavy atom. The van der Waals surface area contributed by atoms with Crippen molar-refractivity contribution in [1.82, 2.24) is 0 Å². The second-order valence-corrected chi connectivity index (χ2v) is 1.66. The molecule has 1 aromatic rings. The SMILES string of the molecule is Cl.O=c1occcc1Cl. The van der Waals surface area contributed by atoms with Crippen LogP contribution in [0.15, 0.2) is 27.6 Å². The van der Waals surface area contributed by atoms with Gasteiger partial charge < -0.3 is 4.42 Å². The minimum atomic E-state index is -0.492. The van der Waals surface area contributed by atoms with Crippen molar-refractivity contribution in [2.45, 2.75) is 0 Å². The Morgan fingerprint density at radius 3 is 2.56 bits per heavy atom. The van der Waals surface area contributed by atoms with Gasteiger partial charge in [0.15, 0.2) is 0 Å². The van der Waals surface area contributed by atoms with Gasteiger partial charge in [-0.25, -0.2) is 4.79 Å². The zero-order valence-electron chi connectivity index (χ0n) is 4.33. The summed E-state index contributed by atoms with van der Waals surface area (Å²) in [6.07, 6.45) is 1.29. The summed E-state index contributed by atoms with van der Waals surface area (Å²) < 4.78 is 4.37. The van der Waals surface area contributed by atoms with Crippen molar-refractivity contribution in [3.05, 3.63) is 33.8 Å². The van der Waals surface area contributed by atoms with Gasteiger partial charge in [0.2, 0.25) is 0 Å². The molecule has 0 aliphatic heterocycles. The molecule has 0 aromatic carbocycles. The summed E-state index contributed by atoms with van der Waals surface area (Å²) >= 11 is 5.30. The Bertz CT molecular complexity index is 230. The molecule has 0 saturated carbocycles. The zero-order chi connectivity index (χ0) is 5.98. The number of hydrogen-bond acceptors (Lipinski definition) is 2. The first-order chi connectivity index (χ1) is 3.80. The molecule has 9 heavy (non-hydrogen) atoms. The molecule has 0 atom stereocenters. The lowest BCUT2D eigenvalue weighted by atomic mass is 10.5. The summed E-state index contributed by atoms with van der Waals surface area (Å²) in [5.41, 5.74) is -0.492. The molecule has 0 fully saturated rings. The largest absolute Gasteiger partial charge is 0.430 e. The van der Waals surface area contributed by atoms with Gasteiger partial charge >= 0.3 is 5.63 Å². The van der Waals surface area contributed by atoms with E-state index in [0.29, 0.717) is 0 Å². The maximum Gasteiger partial charge on any atom is 0.354 e. The van der Waals surface area contributed by atoms with E-state index in [1.807, 2.05) is 0 Å². The highest BCUT2D eigenvalue weighted by Gasteiger charge is 1.89. The molecule has 0 spiro atoms. The van der Waals surface area contributed by atoms with Gasteiger partial charge in [-0.05, 0) is 12.1 Å². The molecule has 4 heteroatoms. The van der Waals surface area contributed by atoms with Crippen LogP contribution < -0.4 is 5.63 Å². The van der Waals surface area contributed by atoms with Gasteiger partial charge in [0, 0.05) is 0 Å². The fourth-order valence-electron chi connectivity index (χ4n) is 0.349. The maximum absolute atomic E-state index is 10.3. The van der Waals surface area contributed by atoms with Crippen LogP contribution in [0.1, 0.15) is 0 Å². The van der Waals surface area contributed by atoms with Crippen molar-refractivity contribution in [2.24, 2.45) is 0 Å². The molecule has 0 saturated heterocycles. The molecule has 0 aliphatic carbocycles. The quantitative estimate of drug-likeness (QED) is 0.588. The first-order valence-electron chi connectivity index (χ1n) is 2.04. The molecule has 1 rings (SSSR count). The Kier molecular flexibility index (Phi) is 3.35. The molecule has 1 aromatic heterocycles. The molecule has 0 bridgehead atoms. The summed E-state index contributed by atoms with van der Waals surface area (Å²) in [5, 5.41) is 0.118. The Morgan fingerprint density at radius 2 is 2.22 bits per heavy atom. The molecule has 1 heterocycles. The summed E-state index contributed by atoms with van der Waals surface area (Å²) in [4.78, 5) is 10.3. The van der Waals surface area contributed by atoms with Crippen LogP contribution >= 0.6 is 24.0 Å². The maximum atomic E-state index is 10.3. The van der Waals surface area contributed by atoms with Crippen molar-refractivity contribution >= 4 is 24.0 Å². The van der Waals surface area contributed by atoms with Crippen molar-refractivity contribution in [3.8, 4) is 0 Å². The third-order valence-corrected chi connectivity index (χ3v) is 0.971. The highest BCUT2D eigenvalue weighted by atomic mass is 35.5. The lowest BCUT2D eigenvalue weighted by Crippen LogP contribution is -1.95. The fraction of sp³-hybridized carbons (Fsp3) is 0. The highest BCUT2D eigenvalue weighted by molar-refractivity contribution is 6.30. The van der Waals surface area contributed by atoms with Gasteiger partial charge in [0.25, 0.3) is 0 Å². The van der Waals surface area contributed by atoms with Crippen LogP contribution in [0.5, 0.6) is 0 Å². The Labute approximate surface area is 62.9 Å². The predicted octanol–water partition coefficient (Wildman–Crippen LogP) is 1.72. The van der Waals surface area contributed by atoms with E-state index in [1.54, 1.807) is 6.07 Å². The Balaban J connectivity index is 0.000000640. The highest BCUT2D eigenvalue weighted by Crippen LogP contribution is 1.96. The van der Waals surface area contributed by atoms with E-state index in [0.717, 1.165) is 0 Å². The van der Waals surface area contributed by atoms with Crippen LogP contribution in [0.2, 0.25) is 5.02 Å². The van der Waals surface area contributed by atoms with E-state index >= 15 is 0 Å². The lowest BCUT2D eigenvalue weighted by molar-refractivity contribution is 0.511. The molecular formula is C5H4Cl2O2. The minimum absolute atomic E-state index is 0. The van der Waals surface area contributed by atoms with E-state index in [2.05, 4.69) is 4.42 Å². The molecule has 0 radical (unpaired) electrons. The van der Waals surface area contributed by atoms with E-state index < -0.39 is 5.63 Å². The van der Waals surface area contributed by atoms with Crippen LogP contribution in [-0.4, -0.2) is 0 Å². The van der Waals surface area contributed by atoms with Gasteiger partial charge in [-0.1, -0.05) is 11.6 Å². The third-order valence-electron chi connectivity index (χ3n) is 0.691. The second-order valence-electron chi connectivity index (χ2n) is 1.25. The van der Waals surface area contributed by atoms with Crippen LogP contribution in [0.25, 0.3) is 0 Å². The average molecular weight is 167 g/mol. The first kappa shape index (κ1) is 8.53. The van der Waals surface area contributed by atoms with E-state index in [9.17, 15) is 4.79 Å². The molecule has 2 nitrogen and oxygen atoms in total. The van der Waals surface area contributed by atoms with E-state index in [4.69, 9.17) is 11.6 Å².